The van der Waals surface area contributed by atoms with E-state index in [0.29, 0.717) is 24.4 Å². The molecule has 0 heterocycles. The maximum absolute atomic E-state index is 12.0. The molecule has 19 heavy (non-hydrogen) atoms. The molecule has 1 rings (SSSR count). The normalized spacial score (nSPS) is 10.3. The topological polar surface area (TPSA) is 75.8 Å². The van der Waals surface area contributed by atoms with Crippen molar-refractivity contribution in [3.63, 3.8) is 0 Å². The van der Waals surface area contributed by atoms with Gasteiger partial charge in [-0.05, 0) is 31.5 Å². The number of nitrogen functional groups attached to an aromatic ring is 1. The molecule has 1 aromatic carbocycles. The fraction of sp³-hybridized carbons (Fsp3) is 0.500. The van der Waals surface area contributed by atoms with Crippen molar-refractivity contribution >= 4 is 17.3 Å². The summed E-state index contributed by atoms with van der Waals surface area (Å²) in [6.07, 6.45) is 0.923. The van der Waals surface area contributed by atoms with Crippen LogP contribution in [0.1, 0.15) is 30.6 Å². The number of esters is 1. The number of hydrogen-bond donors (Lipinski definition) is 2. The van der Waals surface area contributed by atoms with Crippen LogP contribution in [0.5, 0.6) is 0 Å². The van der Waals surface area contributed by atoms with Gasteiger partial charge in [0.2, 0.25) is 0 Å². The van der Waals surface area contributed by atoms with Crippen LogP contribution in [0.25, 0.3) is 0 Å². The number of nitrogens with two attached hydrogens (primary N) is 1. The highest BCUT2D eigenvalue weighted by atomic mass is 16.5. The zero-order valence-electron chi connectivity index (χ0n) is 11.6. The molecule has 0 atom stereocenters. The Morgan fingerprint density at radius 3 is 2.68 bits per heavy atom. The molecular formula is C14H22N2O3. The van der Waals surface area contributed by atoms with Crippen molar-refractivity contribution in [2.45, 2.75) is 20.3 Å². The lowest BCUT2D eigenvalue weighted by molar-refractivity contribution is 0.0527. The number of anilines is 2. The largest absolute Gasteiger partial charge is 0.462 e. The van der Waals surface area contributed by atoms with Gasteiger partial charge >= 0.3 is 5.97 Å². The standard InChI is InChI=1S/C14H22N2O3/c1-3-7-16(8-9-17)13-6-5-11(15)10-12(13)14(18)19-4-2/h5-6,10,17H,3-4,7-9,15H2,1-2H3. The fourth-order valence-electron chi connectivity index (χ4n) is 1.95. The Bertz CT molecular complexity index is 415. The molecular weight excluding hydrogens is 244 g/mol. The van der Waals surface area contributed by atoms with E-state index in [1.54, 1.807) is 25.1 Å². The Balaban J connectivity index is 3.12. The van der Waals surface area contributed by atoms with Crippen LogP contribution in [0.15, 0.2) is 18.2 Å². The summed E-state index contributed by atoms with van der Waals surface area (Å²) >= 11 is 0. The lowest BCUT2D eigenvalue weighted by Gasteiger charge is -2.25. The first-order valence-corrected chi connectivity index (χ1v) is 6.56. The first-order chi connectivity index (χ1) is 9.13. The predicted octanol–water partition coefficient (Wildman–Crippen LogP) is 1.65. The lowest BCUT2D eigenvalue weighted by atomic mass is 10.1. The van der Waals surface area contributed by atoms with Crippen LogP contribution in [-0.2, 0) is 4.74 Å². The number of carbonyl (C=O) groups is 1. The third-order valence-electron chi connectivity index (χ3n) is 2.72. The SMILES string of the molecule is CCCN(CCO)c1ccc(N)cc1C(=O)OCC. The number of benzene rings is 1. The molecule has 0 fully saturated rings. The minimum Gasteiger partial charge on any atom is -0.462 e. The van der Waals surface area contributed by atoms with Gasteiger partial charge in [0, 0.05) is 18.8 Å². The lowest BCUT2D eigenvalue weighted by Crippen LogP contribution is -2.29. The van der Waals surface area contributed by atoms with Gasteiger partial charge in [-0.1, -0.05) is 6.92 Å². The molecule has 0 aliphatic rings. The highest BCUT2D eigenvalue weighted by molar-refractivity contribution is 5.97. The summed E-state index contributed by atoms with van der Waals surface area (Å²) < 4.78 is 5.05. The van der Waals surface area contributed by atoms with Gasteiger partial charge in [-0.2, -0.15) is 0 Å². The van der Waals surface area contributed by atoms with Crippen LogP contribution >= 0.6 is 0 Å². The average Bonchev–Trinajstić information content (AvgIpc) is 2.39. The number of ether oxygens (including phenoxy) is 1. The summed E-state index contributed by atoms with van der Waals surface area (Å²) in [5.41, 5.74) is 7.46. The van der Waals surface area contributed by atoms with Gasteiger partial charge in [0.1, 0.15) is 0 Å². The molecule has 1 aromatic rings. The van der Waals surface area contributed by atoms with Crippen molar-refractivity contribution < 1.29 is 14.6 Å². The van der Waals surface area contributed by atoms with Gasteiger partial charge in [-0.3, -0.25) is 0 Å². The van der Waals surface area contributed by atoms with Gasteiger partial charge in [0.25, 0.3) is 0 Å². The van der Waals surface area contributed by atoms with Crippen LogP contribution in [-0.4, -0.2) is 37.4 Å². The monoisotopic (exact) mass is 266 g/mol. The molecule has 0 aliphatic carbocycles. The number of carbonyl (C=O) groups excluding carboxylic acids is 1. The van der Waals surface area contributed by atoms with Gasteiger partial charge < -0.3 is 20.5 Å². The van der Waals surface area contributed by atoms with Crippen LogP contribution in [0.4, 0.5) is 11.4 Å². The predicted molar refractivity (Wildman–Crippen MR) is 76.4 cm³/mol. The zero-order chi connectivity index (χ0) is 14.3. The highest BCUT2D eigenvalue weighted by Gasteiger charge is 2.17. The summed E-state index contributed by atoms with van der Waals surface area (Å²) in [5, 5.41) is 9.13. The minimum atomic E-state index is -0.385. The molecule has 0 aliphatic heterocycles. The van der Waals surface area contributed by atoms with Crippen molar-refractivity contribution in [2.75, 3.05) is 36.9 Å². The third kappa shape index (κ3) is 4.13. The number of aliphatic hydroxyl groups is 1. The van der Waals surface area contributed by atoms with E-state index >= 15 is 0 Å². The zero-order valence-corrected chi connectivity index (χ0v) is 11.6. The molecule has 0 radical (unpaired) electrons. The number of rotatable bonds is 7. The van der Waals surface area contributed by atoms with E-state index in [9.17, 15) is 4.79 Å². The van der Waals surface area contributed by atoms with Gasteiger partial charge in [-0.25, -0.2) is 4.79 Å². The highest BCUT2D eigenvalue weighted by Crippen LogP contribution is 2.24. The molecule has 0 amide bonds. The fourth-order valence-corrected chi connectivity index (χ4v) is 1.95. The Kier molecular flexibility index (Phi) is 6.15. The smallest absolute Gasteiger partial charge is 0.340 e. The number of aliphatic hydroxyl groups excluding tert-OH is 1. The van der Waals surface area contributed by atoms with Crippen molar-refractivity contribution in [1.82, 2.24) is 0 Å². The van der Waals surface area contributed by atoms with Crippen LogP contribution in [0.2, 0.25) is 0 Å². The summed E-state index contributed by atoms with van der Waals surface area (Å²) in [6, 6.07) is 5.17. The molecule has 0 unspecified atom stereocenters. The van der Waals surface area contributed by atoms with E-state index < -0.39 is 0 Å². The molecule has 0 saturated heterocycles. The molecule has 106 valence electrons. The molecule has 5 heteroatoms. The van der Waals surface area contributed by atoms with Crippen molar-refractivity contribution in [2.24, 2.45) is 0 Å². The number of nitrogens with zero attached hydrogens (tertiary/aromatic N) is 1. The second kappa shape index (κ2) is 7.63. The van der Waals surface area contributed by atoms with Crippen molar-refractivity contribution in [3.05, 3.63) is 23.8 Å². The minimum absolute atomic E-state index is 0.0344. The Morgan fingerprint density at radius 1 is 1.37 bits per heavy atom. The van der Waals surface area contributed by atoms with Crippen molar-refractivity contribution in [1.29, 1.82) is 0 Å². The molecule has 0 bridgehead atoms. The van der Waals surface area contributed by atoms with Gasteiger partial charge in [0.15, 0.2) is 0 Å². The Labute approximate surface area is 114 Å². The Hall–Kier alpha value is -1.75. The van der Waals surface area contributed by atoms with E-state index in [1.165, 1.54) is 0 Å². The molecule has 0 spiro atoms. The summed E-state index contributed by atoms with van der Waals surface area (Å²) in [6.45, 7) is 5.40. The molecule has 0 aromatic heterocycles. The second-order valence-corrected chi connectivity index (χ2v) is 4.21. The van der Waals surface area contributed by atoms with Gasteiger partial charge in [-0.15, -0.1) is 0 Å². The van der Waals surface area contributed by atoms with E-state index in [1.807, 2.05) is 11.8 Å². The first-order valence-electron chi connectivity index (χ1n) is 6.56. The second-order valence-electron chi connectivity index (χ2n) is 4.21. The van der Waals surface area contributed by atoms with E-state index in [0.717, 1.165) is 18.7 Å². The van der Waals surface area contributed by atoms with Gasteiger partial charge in [0.05, 0.1) is 24.5 Å². The maximum atomic E-state index is 12.0. The van der Waals surface area contributed by atoms with Crippen LogP contribution < -0.4 is 10.6 Å². The van der Waals surface area contributed by atoms with E-state index in [-0.39, 0.29) is 12.6 Å². The quantitative estimate of drug-likeness (QED) is 0.580. The first kappa shape index (κ1) is 15.3. The van der Waals surface area contributed by atoms with E-state index in [2.05, 4.69) is 0 Å². The summed E-state index contributed by atoms with van der Waals surface area (Å²) in [4.78, 5) is 13.9. The number of hydrogen-bond acceptors (Lipinski definition) is 5. The third-order valence-corrected chi connectivity index (χ3v) is 2.72. The average molecular weight is 266 g/mol. The molecule has 3 N–H and O–H groups in total. The summed E-state index contributed by atoms with van der Waals surface area (Å²) in [7, 11) is 0. The van der Waals surface area contributed by atoms with Crippen molar-refractivity contribution in [3.8, 4) is 0 Å². The maximum Gasteiger partial charge on any atom is 0.340 e. The van der Waals surface area contributed by atoms with Crippen LogP contribution in [0.3, 0.4) is 0 Å². The van der Waals surface area contributed by atoms with Crippen LogP contribution in [0, 0.1) is 0 Å². The van der Waals surface area contributed by atoms with E-state index in [4.69, 9.17) is 15.6 Å². The molecule has 5 nitrogen and oxygen atoms in total. The summed E-state index contributed by atoms with van der Waals surface area (Å²) in [5.74, 6) is -0.385. The molecule has 0 saturated carbocycles. The Morgan fingerprint density at radius 2 is 2.11 bits per heavy atom.